The summed E-state index contributed by atoms with van der Waals surface area (Å²) in [5, 5.41) is 4.58. The molecule has 74 valence electrons. The predicted molar refractivity (Wildman–Crippen MR) is 55.1 cm³/mol. The lowest BCUT2D eigenvalue weighted by Gasteiger charge is -2.30. The minimum Gasteiger partial charge on any atom is -0.335 e. The van der Waals surface area contributed by atoms with E-state index in [1.54, 1.807) is 0 Å². The number of anilines is 1. The number of urea groups is 1. The number of hydrazine groups is 1. The maximum atomic E-state index is 11.1. The molecular formula is C10H13N3O. The Labute approximate surface area is 82.9 Å². The molecule has 0 aromatic heterocycles. The summed E-state index contributed by atoms with van der Waals surface area (Å²) in [5.41, 5.74) is 4.98. The van der Waals surface area contributed by atoms with Crippen LogP contribution in [0.15, 0.2) is 24.3 Å². The van der Waals surface area contributed by atoms with Gasteiger partial charge in [0.1, 0.15) is 0 Å². The van der Waals surface area contributed by atoms with Crippen molar-refractivity contribution in [2.45, 2.75) is 6.92 Å². The van der Waals surface area contributed by atoms with Crippen LogP contribution in [0, 0.1) is 6.92 Å². The fraction of sp³-hybridized carbons (Fsp3) is 0.300. The quantitative estimate of drug-likeness (QED) is 0.696. The van der Waals surface area contributed by atoms with Gasteiger partial charge in [0.25, 0.3) is 0 Å². The summed E-state index contributed by atoms with van der Waals surface area (Å²) in [6.45, 7) is 3.50. The summed E-state index contributed by atoms with van der Waals surface area (Å²) in [4.78, 5) is 11.1. The van der Waals surface area contributed by atoms with Crippen LogP contribution >= 0.6 is 0 Å². The number of benzene rings is 1. The van der Waals surface area contributed by atoms with E-state index in [1.165, 1.54) is 0 Å². The molecule has 1 saturated heterocycles. The molecule has 1 aliphatic rings. The summed E-state index contributed by atoms with van der Waals surface area (Å²) >= 11 is 0. The summed E-state index contributed by atoms with van der Waals surface area (Å²) in [6.07, 6.45) is 0. The normalized spacial score (nSPS) is 16.1. The Morgan fingerprint density at radius 2 is 2.14 bits per heavy atom. The number of rotatable bonds is 1. The number of carbonyl (C=O) groups excluding carboxylic acids is 1. The van der Waals surface area contributed by atoms with Crippen molar-refractivity contribution in [3.8, 4) is 0 Å². The van der Waals surface area contributed by atoms with Gasteiger partial charge in [-0.3, -0.25) is 5.01 Å². The zero-order chi connectivity index (χ0) is 9.97. The van der Waals surface area contributed by atoms with Crippen LogP contribution in [0.2, 0.25) is 0 Å². The number of para-hydroxylation sites is 1. The van der Waals surface area contributed by atoms with E-state index >= 15 is 0 Å². The monoisotopic (exact) mass is 191 g/mol. The fourth-order valence-corrected chi connectivity index (χ4v) is 1.55. The Balaban J connectivity index is 2.22. The van der Waals surface area contributed by atoms with E-state index in [1.807, 2.05) is 36.2 Å². The Kier molecular flexibility index (Phi) is 2.26. The van der Waals surface area contributed by atoms with Gasteiger partial charge in [0.15, 0.2) is 0 Å². The SMILES string of the molecule is Cc1ccccc1N1CCNC(=O)N1. The Bertz CT molecular complexity index is 351. The van der Waals surface area contributed by atoms with Gasteiger partial charge in [-0.2, -0.15) is 0 Å². The molecule has 1 aromatic carbocycles. The summed E-state index contributed by atoms with van der Waals surface area (Å²) in [6, 6.07) is 7.85. The zero-order valence-electron chi connectivity index (χ0n) is 8.08. The maximum Gasteiger partial charge on any atom is 0.333 e. The third kappa shape index (κ3) is 1.64. The number of carbonyl (C=O) groups is 1. The largest absolute Gasteiger partial charge is 0.335 e. The standard InChI is InChI=1S/C10H13N3O/c1-8-4-2-3-5-9(8)13-7-6-11-10(14)12-13/h2-5H,6-7H2,1H3,(H2,11,12,14). The second-order valence-corrected chi connectivity index (χ2v) is 3.31. The van der Waals surface area contributed by atoms with E-state index in [-0.39, 0.29) is 6.03 Å². The summed E-state index contributed by atoms with van der Waals surface area (Å²) < 4.78 is 0. The molecular weight excluding hydrogens is 178 g/mol. The molecule has 4 heteroatoms. The van der Waals surface area contributed by atoms with E-state index in [9.17, 15) is 4.79 Å². The van der Waals surface area contributed by atoms with Gasteiger partial charge in [-0.25, -0.2) is 10.2 Å². The molecule has 1 aliphatic heterocycles. The lowest BCUT2D eigenvalue weighted by molar-refractivity contribution is 0.236. The highest BCUT2D eigenvalue weighted by atomic mass is 16.2. The average Bonchev–Trinajstić information content (AvgIpc) is 2.18. The van der Waals surface area contributed by atoms with Gasteiger partial charge >= 0.3 is 6.03 Å². The van der Waals surface area contributed by atoms with E-state index < -0.39 is 0 Å². The summed E-state index contributed by atoms with van der Waals surface area (Å²) in [7, 11) is 0. The highest BCUT2D eigenvalue weighted by molar-refractivity contribution is 5.77. The predicted octanol–water partition coefficient (Wildman–Crippen LogP) is 1.03. The molecule has 1 heterocycles. The van der Waals surface area contributed by atoms with E-state index in [0.717, 1.165) is 17.8 Å². The van der Waals surface area contributed by atoms with Crippen LogP contribution < -0.4 is 15.8 Å². The number of aryl methyl sites for hydroxylation is 1. The van der Waals surface area contributed by atoms with Gasteiger partial charge in [0, 0.05) is 6.54 Å². The fourth-order valence-electron chi connectivity index (χ4n) is 1.55. The first-order valence-electron chi connectivity index (χ1n) is 4.65. The van der Waals surface area contributed by atoms with Gasteiger partial charge in [-0.05, 0) is 18.6 Å². The molecule has 0 unspecified atom stereocenters. The van der Waals surface area contributed by atoms with E-state index in [0.29, 0.717) is 6.54 Å². The minimum atomic E-state index is -0.139. The van der Waals surface area contributed by atoms with Crippen LogP contribution in [0.5, 0.6) is 0 Å². The number of nitrogens with zero attached hydrogens (tertiary/aromatic N) is 1. The van der Waals surface area contributed by atoms with Gasteiger partial charge in [-0.15, -0.1) is 0 Å². The number of hydrogen-bond donors (Lipinski definition) is 2. The van der Waals surface area contributed by atoms with Gasteiger partial charge in [0.05, 0.1) is 12.2 Å². The molecule has 2 amide bonds. The smallest absolute Gasteiger partial charge is 0.333 e. The van der Waals surface area contributed by atoms with Crippen LogP contribution in [0.25, 0.3) is 0 Å². The zero-order valence-corrected chi connectivity index (χ0v) is 8.08. The van der Waals surface area contributed by atoms with Crippen molar-refractivity contribution in [2.75, 3.05) is 18.1 Å². The second kappa shape index (κ2) is 3.57. The molecule has 0 aliphatic carbocycles. The first-order valence-corrected chi connectivity index (χ1v) is 4.65. The molecule has 0 bridgehead atoms. The maximum absolute atomic E-state index is 11.1. The number of hydrogen-bond acceptors (Lipinski definition) is 2. The van der Waals surface area contributed by atoms with Crippen LogP contribution in [-0.2, 0) is 0 Å². The highest BCUT2D eigenvalue weighted by Crippen LogP contribution is 2.17. The highest BCUT2D eigenvalue weighted by Gasteiger charge is 2.15. The molecule has 1 aromatic rings. The Hall–Kier alpha value is -1.71. The van der Waals surface area contributed by atoms with Gasteiger partial charge < -0.3 is 5.32 Å². The van der Waals surface area contributed by atoms with Crippen LogP contribution in [0.3, 0.4) is 0 Å². The van der Waals surface area contributed by atoms with Gasteiger partial charge in [0.2, 0.25) is 0 Å². The van der Waals surface area contributed by atoms with Crippen molar-refractivity contribution in [1.82, 2.24) is 10.7 Å². The van der Waals surface area contributed by atoms with Crippen molar-refractivity contribution in [2.24, 2.45) is 0 Å². The topological polar surface area (TPSA) is 44.4 Å². The molecule has 14 heavy (non-hydrogen) atoms. The third-order valence-corrected chi connectivity index (χ3v) is 2.26. The van der Waals surface area contributed by atoms with E-state index in [4.69, 9.17) is 0 Å². The van der Waals surface area contributed by atoms with Crippen molar-refractivity contribution in [3.63, 3.8) is 0 Å². The molecule has 0 saturated carbocycles. The van der Waals surface area contributed by atoms with Crippen molar-refractivity contribution in [1.29, 1.82) is 0 Å². The number of nitrogens with one attached hydrogen (secondary N) is 2. The first kappa shape index (κ1) is 8.87. The Morgan fingerprint density at radius 3 is 2.86 bits per heavy atom. The van der Waals surface area contributed by atoms with Crippen LogP contribution in [-0.4, -0.2) is 19.1 Å². The minimum absolute atomic E-state index is 0.139. The number of amides is 2. The Morgan fingerprint density at radius 1 is 1.36 bits per heavy atom. The lowest BCUT2D eigenvalue weighted by atomic mass is 10.2. The van der Waals surface area contributed by atoms with Crippen molar-refractivity contribution >= 4 is 11.7 Å². The average molecular weight is 191 g/mol. The first-order chi connectivity index (χ1) is 6.77. The molecule has 0 atom stereocenters. The molecule has 1 fully saturated rings. The molecule has 0 radical (unpaired) electrons. The van der Waals surface area contributed by atoms with Gasteiger partial charge in [-0.1, -0.05) is 18.2 Å². The second-order valence-electron chi connectivity index (χ2n) is 3.31. The molecule has 2 rings (SSSR count). The molecule has 2 N–H and O–H groups in total. The lowest BCUT2D eigenvalue weighted by Crippen LogP contribution is -2.56. The molecule has 4 nitrogen and oxygen atoms in total. The van der Waals surface area contributed by atoms with Crippen molar-refractivity contribution < 1.29 is 4.79 Å². The van der Waals surface area contributed by atoms with Crippen LogP contribution in [0.4, 0.5) is 10.5 Å². The molecule has 0 spiro atoms. The van der Waals surface area contributed by atoms with E-state index in [2.05, 4.69) is 10.7 Å². The van der Waals surface area contributed by atoms with Crippen LogP contribution in [0.1, 0.15) is 5.56 Å². The summed E-state index contributed by atoms with van der Waals surface area (Å²) in [5.74, 6) is 0. The third-order valence-electron chi connectivity index (χ3n) is 2.26. The van der Waals surface area contributed by atoms with Crippen molar-refractivity contribution in [3.05, 3.63) is 29.8 Å².